The molecule has 10 nitrogen and oxygen atoms in total. The zero-order valence-electron chi connectivity index (χ0n) is 24.2. The number of hydrogen-bond acceptors (Lipinski definition) is 8. The van der Waals surface area contributed by atoms with Crippen LogP contribution >= 0.6 is 0 Å². The Morgan fingerprint density at radius 2 is 1.23 bits per heavy atom. The first-order chi connectivity index (χ1) is 20.2. The van der Waals surface area contributed by atoms with Crippen LogP contribution in [0.3, 0.4) is 0 Å². The fourth-order valence-corrected chi connectivity index (χ4v) is 4.51. The van der Waals surface area contributed by atoms with Gasteiger partial charge >= 0.3 is 0 Å². The lowest BCUT2D eigenvalue weighted by molar-refractivity contribution is 0.156. The van der Waals surface area contributed by atoms with Gasteiger partial charge in [-0.3, -0.25) is 9.11 Å². The van der Waals surface area contributed by atoms with Crippen LogP contribution in [0.5, 0.6) is 5.75 Å². The summed E-state index contributed by atoms with van der Waals surface area (Å²) >= 11 is 0. The lowest BCUT2D eigenvalue weighted by Gasteiger charge is -2.20. The number of hydrogen-bond donors (Lipinski definition) is 5. The SMILES string of the molecule is COc1cccc(NC[C@@H](O)[C@@H](N)Cc2ccccc2)c1.Cc1ccc(S(=O)(=O)O)cc1.Cc1ccc(S(=O)(=O)O)cc1. The predicted molar refractivity (Wildman–Crippen MR) is 168 cm³/mol. The van der Waals surface area contributed by atoms with Crippen LogP contribution in [0.25, 0.3) is 0 Å². The molecule has 0 amide bonds. The quantitative estimate of drug-likeness (QED) is 0.165. The first kappa shape index (κ1) is 35.4. The zero-order valence-corrected chi connectivity index (χ0v) is 25.8. The lowest BCUT2D eigenvalue weighted by Crippen LogP contribution is -2.41. The van der Waals surface area contributed by atoms with Crippen molar-refractivity contribution in [2.24, 2.45) is 5.73 Å². The molecule has 43 heavy (non-hydrogen) atoms. The van der Waals surface area contributed by atoms with Crippen LogP contribution in [-0.2, 0) is 26.7 Å². The van der Waals surface area contributed by atoms with Gasteiger partial charge in [-0.2, -0.15) is 16.8 Å². The number of aliphatic hydroxyl groups is 1. The largest absolute Gasteiger partial charge is 0.497 e. The molecule has 0 spiro atoms. The molecule has 0 aliphatic rings. The Hall–Kier alpha value is -3.78. The Balaban J connectivity index is 0.000000247. The van der Waals surface area contributed by atoms with Gasteiger partial charge in [0.25, 0.3) is 20.2 Å². The van der Waals surface area contributed by atoms with Crippen LogP contribution in [0.1, 0.15) is 16.7 Å². The number of ether oxygens (including phenoxy) is 1. The molecule has 6 N–H and O–H groups in total. The van der Waals surface area contributed by atoms with E-state index >= 15 is 0 Å². The third-order valence-electron chi connectivity index (χ3n) is 6.03. The first-order valence-corrected chi connectivity index (χ1v) is 16.0. The van der Waals surface area contributed by atoms with Gasteiger partial charge in [-0.25, -0.2) is 0 Å². The smallest absolute Gasteiger partial charge is 0.294 e. The van der Waals surface area contributed by atoms with Crippen molar-refractivity contribution in [3.8, 4) is 5.75 Å². The van der Waals surface area contributed by atoms with E-state index < -0.39 is 26.3 Å². The van der Waals surface area contributed by atoms with E-state index in [0.717, 1.165) is 28.1 Å². The molecule has 0 heterocycles. The van der Waals surface area contributed by atoms with Crippen LogP contribution in [0.4, 0.5) is 5.69 Å². The topological polar surface area (TPSA) is 176 Å². The highest BCUT2D eigenvalue weighted by Crippen LogP contribution is 2.17. The Bertz CT molecular complexity index is 1540. The molecule has 0 saturated carbocycles. The molecule has 0 radical (unpaired) electrons. The Kier molecular flexibility index (Phi) is 13.8. The highest BCUT2D eigenvalue weighted by atomic mass is 32.2. The molecule has 0 bridgehead atoms. The maximum Gasteiger partial charge on any atom is 0.294 e. The van der Waals surface area contributed by atoms with Crippen molar-refractivity contribution in [2.45, 2.75) is 42.2 Å². The van der Waals surface area contributed by atoms with E-state index in [1.165, 1.54) is 24.3 Å². The molecule has 0 saturated heterocycles. The van der Waals surface area contributed by atoms with Gasteiger partial charge in [0.1, 0.15) is 5.75 Å². The van der Waals surface area contributed by atoms with Crippen LogP contribution in [0.2, 0.25) is 0 Å². The summed E-state index contributed by atoms with van der Waals surface area (Å²) in [6.07, 6.45) is 0.0401. The Labute approximate surface area is 253 Å². The fraction of sp³-hybridized carbons (Fsp3) is 0.226. The zero-order chi connectivity index (χ0) is 32.0. The van der Waals surface area contributed by atoms with E-state index in [1.54, 1.807) is 31.4 Å². The molecule has 0 unspecified atom stereocenters. The highest BCUT2D eigenvalue weighted by Gasteiger charge is 2.15. The Morgan fingerprint density at radius 3 is 1.67 bits per heavy atom. The van der Waals surface area contributed by atoms with Gasteiger partial charge in [-0.05, 0) is 62.2 Å². The summed E-state index contributed by atoms with van der Waals surface area (Å²) in [5.74, 6) is 0.781. The van der Waals surface area contributed by atoms with E-state index in [1.807, 2.05) is 68.4 Å². The minimum Gasteiger partial charge on any atom is -0.497 e. The second-order valence-electron chi connectivity index (χ2n) is 9.61. The Morgan fingerprint density at radius 1 is 0.744 bits per heavy atom. The van der Waals surface area contributed by atoms with Crippen LogP contribution in [0, 0.1) is 13.8 Å². The van der Waals surface area contributed by atoms with E-state index in [-0.39, 0.29) is 15.8 Å². The summed E-state index contributed by atoms with van der Waals surface area (Å²) < 4.78 is 64.3. The van der Waals surface area contributed by atoms with Gasteiger partial charge in [0.2, 0.25) is 0 Å². The standard InChI is InChI=1S/C17H22N2O2.2C7H8O3S/c1-21-15-9-5-8-14(11-15)19-12-17(20)16(18)10-13-6-3-2-4-7-13;2*1-6-2-4-7(5-3-6)11(8,9)10/h2-9,11,16-17,19-20H,10,12,18H2,1H3;2*2-5H,1H3,(H,8,9,10)/t16-,17+;;/m0../s1. The summed E-state index contributed by atoms with van der Waals surface area (Å²) in [6.45, 7) is 4.09. The second-order valence-corrected chi connectivity index (χ2v) is 12.5. The average Bonchev–Trinajstić information content (AvgIpc) is 2.96. The number of aryl methyl sites for hydroxylation is 2. The number of methoxy groups -OCH3 is 1. The summed E-state index contributed by atoms with van der Waals surface area (Å²) in [4.78, 5) is -0.133. The maximum absolute atomic E-state index is 10.5. The first-order valence-electron chi connectivity index (χ1n) is 13.1. The van der Waals surface area contributed by atoms with Crippen molar-refractivity contribution in [3.05, 3.63) is 120 Å². The minimum absolute atomic E-state index is 0.0666. The number of rotatable bonds is 9. The summed E-state index contributed by atoms with van der Waals surface area (Å²) in [6, 6.07) is 29.2. The van der Waals surface area contributed by atoms with Gasteiger partial charge in [-0.1, -0.05) is 71.8 Å². The third kappa shape index (κ3) is 13.4. The summed E-state index contributed by atoms with van der Waals surface area (Å²) in [5, 5.41) is 13.3. The number of nitrogens with two attached hydrogens (primary N) is 1. The molecule has 12 heteroatoms. The molecular weight excluding hydrogens is 592 g/mol. The normalized spacial score (nSPS) is 12.4. The number of nitrogens with one attached hydrogen (secondary N) is 1. The number of anilines is 1. The number of aliphatic hydroxyl groups excluding tert-OH is 1. The second kappa shape index (κ2) is 16.8. The molecule has 0 fully saturated rings. The van der Waals surface area contributed by atoms with Gasteiger partial charge in [-0.15, -0.1) is 0 Å². The van der Waals surface area contributed by atoms with Crippen molar-refractivity contribution in [1.29, 1.82) is 0 Å². The maximum atomic E-state index is 10.5. The van der Waals surface area contributed by atoms with Gasteiger partial charge in [0, 0.05) is 24.3 Å². The van der Waals surface area contributed by atoms with Crippen molar-refractivity contribution in [3.63, 3.8) is 0 Å². The van der Waals surface area contributed by atoms with Crippen molar-refractivity contribution in [2.75, 3.05) is 19.0 Å². The third-order valence-corrected chi connectivity index (χ3v) is 7.77. The van der Waals surface area contributed by atoms with Crippen LogP contribution < -0.4 is 15.8 Å². The molecule has 0 aliphatic carbocycles. The summed E-state index contributed by atoms with van der Waals surface area (Å²) in [5.41, 5.74) is 10.00. The van der Waals surface area contributed by atoms with E-state index in [2.05, 4.69) is 5.32 Å². The van der Waals surface area contributed by atoms with Crippen molar-refractivity contribution < 1.29 is 35.8 Å². The average molecular weight is 631 g/mol. The highest BCUT2D eigenvalue weighted by molar-refractivity contribution is 7.86. The molecule has 232 valence electrons. The van der Waals surface area contributed by atoms with Crippen LogP contribution in [-0.4, -0.2) is 56.8 Å². The van der Waals surface area contributed by atoms with Crippen LogP contribution in [0.15, 0.2) is 113 Å². The molecule has 0 aliphatic heterocycles. The van der Waals surface area contributed by atoms with Gasteiger partial charge in [0.15, 0.2) is 0 Å². The lowest BCUT2D eigenvalue weighted by atomic mass is 10.0. The molecule has 4 rings (SSSR count). The van der Waals surface area contributed by atoms with E-state index in [0.29, 0.717) is 13.0 Å². The van der Waals surface area contributed by atoms with Crippen molar-refractivity contribution in [1.82, 2.24) is 0 Å². The molecular formula is C31H38N2O8S2. The fourth-order valence-electron chi connectivity index (χ4n) is 3.55. The van der Waals surface area contributed by atoms with Gasteiger partial charge in [0.05, 0.1) is 23.0 Å². The number of benzene rings is 4. The van der Waals surface area contributed by atoms with E-state index in [4.69, 9.17) is 19.6 Å². The predicted octanol–water partition coefficient (Wildman–Crippen LogP) is 4.52. The molecule has 2 atom stereocenters. The van der Waals surface area contributed by atoms with E-state index in [9.17, 15) is 21.9 Å². The monoisotopic (exact) mass is 630 g/mol. The molecule has 4 aromatic carbocycles. The molecule has 0 aromatic heterocycles. The van der Waals surface area contributed by atoms with Gasteiger partial charge < -0.3 is 20.9 Å². The summed E-state index contributed by atoms with van der Waals surface area (Å²) in [7, 11) is -6.41. The molecule has 4 aromatic rings. The van der Waals surface area contributed by atoms with Crippen molar-refractivity contribution >= 4 is 25.9 Å². The minimum atomic E-state index is -4.02.